The minimum absolute atomic E-state index is 0.165. The SMILES string of the molecule is CC1=CC=CC=CCCCCC(=NO)C1(C)C. The van der Waals surface area contributed by atoms with Crippen molar-refractivity contribution < 1.29 is 5.21 Å². The molecule has 0 atom stereocenters. The van der Waals surface area contributed by atoms with Crippen LogP contribution in [0.15, 0.2) is 41.1 Å². The van der Waals surface area contributed by atoms with Gasteiger partial charge in [-0.2, -0.15) is 0 Å². The molecule has 0 radical (unpaired) electrons. The Morgan fingerprint density at radius 3 is 2.65 bits per heavy atom. The molecule has 17 heavy (non-hydrogen) atoms. The van der Waals surface area contributed by atoms with Gasteiger partial charge in [0.05, 0.1) is 5.71 Å². The summed E-state index contributed by atoms with van der Waals surface area (Å²) in [6.07, 6.45) is 14.6. The summed E-state index contributed by atoms with van der Waals surface area (Å²) in [7, 11) is 0. The van der Waals surface area contributed by atoms with E-state index in [9.17, 15) is 5.21 Å². The number of hydrogen-bond acceptors (Lipinski definition) is 2. The molecule has 0 bridgehead atoms. The van der Waals surface area contributed by atoms with Crippen molar-refractivity contribution in [2.45, 2.75) is 46.5 Å². The van der Waals surface area contributed by atoms with Gasteiger partial charge in [0.2, 0.25) is 0 Å². The quantitative estimate of drug-likeness (QED) is 0.485. The predicted molar refractivity (Wildman–Crippen MR) is 73.5 cm³/mol. The highest BCUT2D eigenvalue weighted by atomic mass is 16.4. The van der Waals surface area contributed by atoms with Gasteiger partial charge < -0.3 is 5.21 Å². The second-order valence-electron chi connectivity index (χ2n) is 5.08. The van der Waals surface area contributed by atoms with Crippen molar-refractivity contribution in [3.8, 4) is 0 Å². The van der Waals surface area contributed by atoms with Crippen LogP contribution in [-0.4, -0.2) is 10.9 Å². The molecule has 0 aromatic rings. The molecular weight excluding hydrogens is 210 g/mol. The van der Waals surface area contributed by atoms with E-state index in [-0.39, 0.29) is 5.41 Å². The van der Waals surface area contributed by atoms with E-state index < -0.39 is 0 Å². The first-order valence-electron chi connectivity index (χ1n) is 6.31. The molecule has 0 heterocycles. The minimum Gasteiger partial charge on any atom is -0.411 e. The van der Waals surface area contributed by atoms with Crippen molar-refractivity contribution in [1.29, 1.82) is 0 Å². The molecule has 0 spiro atoms. The van der Waals surface area contributed by atoms with Crippen LogP contribution in [0.25, 0.3) is 0 Å². The van der Waals surface area contributed by atoms with Gasteiger partial charge in [-0.25, -0.2) is 0 Å². The van der Waals surface area contributed by atoms with E-state index in [1.54, 1.807) is 0 Å². The van der Waals surface area contributed by atoms with Crippen LogP contribution in [0.3, 0.4) is 0 Å². The van der Waals surface area contributed by atoms with Crippen molar-refractivity contribution in [3.63, 3.8) is 0 Å². The molecule has 0 aliphatic heterocycles. The number of nitrogens with zero attached hydrogens (tertiary/aromatic N) is 1. The average molecular weight is 233 g/mol. The minimum atomic E-state index is -0.165. The lowest BCUT2D eigenvalue weighted by molar-refractivity contribution is 0.309. The Kier molecular flexibility index (Phi) is 5.20. The lowest BCUT2D eigenvalue weighted by atomic mass is 9.78. The highest BCUT2D eigenvalue weighted by Crippen LogP contribution is 2.30. The first kappa shape index (κ1) is 13.8. The van der Waals surface area contributed by atoms with Crippen LogP contribution >= 0.6 is 0 Å². The first-order chi connectivity index (χ1) is 8.09. The lowest BCUT2D eigenvalue weighted by Crippen LogP contribution is -2.25. The van der Waals surface area contributed by atoms with E-state index in [1.165, 1.54) is 5.57 Å². The molecule has 0 amide bonds. The second kappa shape index (κ2) is 6.43. The first-order valence-corrected chi connectivity index (χ1v) is 6.31. The van der Waals surface area contributed by atoms with Crippen LogP contribution in [0, 0.1) is 5.41 Å². The van der Waals surface area contributed by atoms with Crippen LogP contribution in [0.1, 0.15) is 46.5 Å². The molecule has 94 valence electrons. The average Bonchev–Trinajstić information content (AvgIpc) is 2.29. The molecular formula is C15H23NO. The second-order valence-corrected chi connectivity index (χ2v) is 5.08. The van der Waals surface area contributed by atoms with E-state index in [1.807, 2.05) is 6.08 Å². The summed E-state index contributed by atoms with van der Waals surface area (Å²) in [5, 5.41) is 12.7. The Hall–Kier alpha value is -1.31. The summed E-state index contributed by atoms with van der Waals surface area (Å²) in [5.74, 6) is 0. The summed E-state index contributed by atoms with van der Waals surface area (Å²) in [5.41, 5.74) is 1.93. The van der Waals surface area contributed by atoms with Gasteiger partial charge in [-0.3, -0.25) is 0 Å². The Morgan fingerprint density at radius 1 is 1.18 bits per heavy atom. The Labute approximate surface area is 104 Å². The van der Waals surface area contributed by atoms with Gasteiger partial charge in [0.1, 0.15) is 0 Å². The standard InChI is InChI=1S/C15H23NO/c1-13-11-9-7-5-4-6-8-10-12-14(16-17)15(13,2)3/h4-5,7,9,11,17H,6,8,10,12H2,1-3H3. The third-order valence-electron chi connectivity index (χ3n) is 3.57. The Bertz CT molecular complexity index is 359. The normalized spacial score (nSPS) is 23.9. The number of rotatable bonds is 0. The van der Waals surface area contributed by atoms with Gasteiger partial charge in [-0.05, 0) is 32.6 Å². The zero-order chi connectivity index (χ0) is 12.7. The summed E-state index contributed by atoms with van der Waals surface area (Å²) < 4.78 is 0. The largest absolute Gasteiger partial charge is 0.411 e. The van der Waals surface area contributed by atoms with Gasteiger partial charge in [-0.1, -0.05) is 55.0 Å². The number of hydrogen-bond donors (Lipinski definition) is 1. The van der Waals surface area contributed by atoms with Crippen molar-refractivity contribution in [2.24, 2.45) is 10.6 Å². The van der Waals surface area contributed by atoms with Crippen LogP contribution in [0.4, 0.5) is 0 Å². The molecule has 0 aromatic heterocycles. The zero-order valence-corrected chi connectivity index (χ0v) is 11.1. The molecule has 0 saturated carbocycles. The van der Waals surface area contributed by atoms with Crippen LogP contribution in [-0.2, 0) is 0 Å². The van der Waals surface area contributed by atoms with Gasteiger partial charge in [0.25, 0.3) is 0 Å². The van der Waals surface area contributed by atoms with Crippen molar-refractivity contribution in [1.82, 2.24) is 0 Å². The summed E-state index contributed by atoms with van der Waals surface area (Å²) in [4.78, 5) is 0. The van der Waals surface area contributed by atoms with Crippen LogP contribution in [0.2, 0.25) is 0 Å². The van der Waals surface area contributed by atoms with Gasteiger partial charge in [0, 0.05) is 5.41 Å². The number of allylic oxidation sites excluding steroid dienone is 6. The van der Waals surface area contributed by atoms with Gasteiger partial charge in [-0.15, -0.1) is 0 Å². The predicted octanol–water partition coefficient (Wildman–Crippen LogP) is 4.48. The topological polar surface area (TPSA) is 32.6 Å². The van der Waals surface area contributed by atoms with Gasteiger partial charge >= 0.3 is 0 Å². The highest BCUT2D eigenvalue weighted by Gasteiger charge is 2.26. The highest BCUT2D eigenvalue weighted by molar-refractivity contribution is 5.91. The fraction of sp³-hybridized carbons (Fsp3) is 0.533. The van der Waals surface area contributed by atoms with Gasteiger partial charge in [0.15, 0.2) is 0 Å². The number of oxime groups is 1. The van der Waals surface area contributed by atoms with Crippen molar-refractivity contribution in [2.75, 3.05) is 0 Å². The maximum atomic E-state index is 9.18. The van der Waals surface area contributed by atoms with Crippen LogP contribution < -0.4 is 0 Å². The molecule has 1 N–H and O–H groups in total. The lowest BCUT2D eigenvalue weighted by Gasteiger charge is -2.27. The molecule has 0 aromatic carbocycles. The molecule has 0 fully saturated rings. The third-order valence-corrected chi connectivity index (χ3v) is 3.57. The van der Waals surface area contributed by atoms with E-state index in [0.29, 0.717) is 0 Å². The van der Waals surface area contributed by atoms with E-state index >= 15 is 0 Å². The summed E-state index contributed by atoms with van der Waals surface area (Å²) in [6, 6.07) is 0. The van der Waals surface area contributed by atoms with Crippen molar-refractivity contribution in [3.05, 3.63) is 36.0 Å². The fourth-order valence-corrected chi connectivity index (χ4v) is 1.92. The zero-order valence-electron chi connectivity index (χ0n) is 11.1. The van der Waals surface area contributed by atoms with Crippen molar-refractivity contribution >= 4 is 5.71 Å². The Morgan fingerprint density at radius 2 is 1.94 bits per heavy atom. The molecule has 2 heteroatoms. The molecule has 1 aliphatic rings. The fourth-order valence-electron chi connectivity index (χ4n) is 1.92. The van der Waals surface area contributed by atoms with Crippen LogP contribution in [0.5, 0.6) is 0 Å². The third kappa shape index (κ3) is 3.88. The Balaban J connectivity index is 2.99. The summed E-state index contributed by atoms with van der Waals surface area (Å²) in [6.45, 7) is 6.32. The molecule has 0 unspecified atom stereocenters. The van der Waals surface area contributed by atoms with E-state index in [2.05, 4.69) is 50.2 Å². The summed E-state index contributed by atoms with van der Waals surface area (Å²) >= 11 is 0. The monoisotopic (exact) mass is 233 g/mol. The maximum Gasteiger partial charge on any atom is 0.0667 e. The molecule has 2 nitrogen and oxygen atoms in total. The molecule has 1 rings (SSSR count). The molecule has 0 saturated heterocycles. The smallest absolute Gasteiger partial charge is 0.0667 e. The molecule has 1 aliphatic carbocycles. The van der Waals surface area contributed by atoms with E-state index in [0.717, 1.165) is 31.4 Å². The van der Waals surface area contributed by atoms with E-state index in [4.69, 9.17) is 0 Å². The maximum absolute atomic E-state index is 9.18.